The molecule has 1 rings (SSSR count). The van der Waals surface area contributed by atoms with Gasteiger partial charge < -0.3 is 9.80 Å². The molecule has 14 heavy (non-hydrogen) atoms. The van der Waals surface area contributed by atoms with E-state index in [0.29, 0.717) is 0 Å². The summed E-state index contributed by atoms with van der Waals surface area (Å²) in [6, 6.07) is -0.462. The summed E-state index contributed by atoms with van der Waals surface area (Å²) in [5, 5.41) is 0. The maximum absolute atomic E-state index is 11.6. The van der Waals surface area contributed by atoms with Crippen molar-refractivity contribution in [3.63, 3.8) is 0 Å². The predicted octanol–water partition coefficient (Wildman–Crippen LogP) is -0.735. The van der Waals surface area contributed by atoms with Crippen LogP contribution in [0.5, 0.6) is 0 Å². The summed E-state index contributed by atoms with van der Waals surface area (Å²) in [4.78, 5) is 36.5. The molecule has 0 radical (unpaired) electrons. The summed E-state index contributed by atoms with van der Waals surface area (Å²) in [5.41, 5.74) is 0. The predicted molar refractivity (Wildman–Crippen MR) is 49.5 cm³/mol. The minimum atomic E-state index is -0.462. The number of piperazine rings is 1. The Hall–Kier alpha value is -1.39. The Kier molecular flexibility index (Phi) is 2.88. The van der Waals surface area contributed by atoms with E-state index >= 15 is 0 Å². The third kappa shape index (κ3) is 1.92. The summed E-state index contributed by atoms with van der Waals surface area (Å²) < 4.78 is 0. The fourth-order valence-electron chi connectivity index (χ4n) is 1.40. The summed E-state index contributed by atoms with van der Waals surface area (Å²) in [6.45, 7) is 3.11. The Labute approximate surface area is 82.7 Å². The molecule has 0 aromatic carbocycles. The van der Waals surface area contributed by atoms with Crippen molar-refractivity contribution in [1.29, 1.82) is 0 Å². The number of carbonyl (C=O) groups excluding carboxylic acids is 3. The molecule has 1 saturated heterocycles. The van der Waals surface area contributed by atoms with E-state index < -0.39 is 6.04 Å². The van der Waals surface area contributed by atoms with Crippen LogP contribution >= 0.6 is 0 Å². The normalized spacial score (nSPS) is 22.9. The first-order chi connectivity index (χ1) is 6.43. The van der Waals surface area contributed by atoms with Crippen molar-refractivity contribution in [2.45, 2.75) is 19.9 Å². The number of amides is 2. The van der Waals surface area contributed by atoms with E-state index in [1.54, 1.807) is 14.0 Å². The van der Waals surface area contributed by atoms with Gasteiger partial charge in [-0.1, -0.05) is 0 Å². The second-order valence-corrected chi connectivity index (χ2v) is 3.58. The number of hydrogen-bond donors (Lipinski definition) is 0. The van der Waals surface area contributed by atoms with Crippen LogP contribution in [0, 0.1) is 0 Å². The van der Waals surface area contributed by atoms with Gasteiger partial charge in [0.15, 0.2) is 0 Å². The molecule has 0 spiro atoms. The van der Waals surface area contributed by atoms with Crippen LogP contribution < -0.4 is 0 Å². The topological polar surface area (TPSA) is 57.7 Å². The largest absolute Gasteiger partial charge is 0.332 e. The molecule has 1 atom stereocenters. The van der Waals surface area contributed by atoms with Gasteiger partial charge in [0.25, 0.3) is 0 Å². The molecule has 5 nitrogen and oxygen atoms in total. The van der Waals surface area contributed by atoms with Crippen molar-refractivity contribution in [3.05, 3.63) is 0 Å². The van der Waals surface area contributed by atoms with Gasteiger partial charge in [-0.2, -0.15) is 0 Å². The zero-order chi connectivity index (χ0) is 10.9. The number of nitrogens with zero attached hydrogens (tertiary/aromatic N) is 2. The van der Waals surface area contributed by atoms with E-state index in [4.69, 9.17) is 0 Å². The quantitative estimate of drug-likeness (QED) is 0.587. The highest BCUT2D eigenvalue weighted by molar-refractivity contribution is 5.96. The lowest BCUT2D eigenvalue weighted by atomic mass is 10.2. The van der Waals surface area contributed by atoms with Gasteiger partial charge in [-0.3, -0.25) is 14.4 Å². The van der Waals surface area contributed by atoms with Crippen LogP contribution in [0.25, 0.3) is 0 Å². The molecule has 0 aliphatic carbocycles. The first-order valence-corrected chi connectivity index (χ1v) is 4.47. The molecular formula is C9H14N2O3. The number of likely N-dealkylation sites (N-methyl/N-ethyl adjacent to an activating group) is 1. The molecule has 1 fully saturated rings. The Morgan fingerprint density at radius 1 is 1.50 bits per heavy atom. The fourth-order valence-corrected chi connectivity index (χ4v) is 1.40. The van der Waals surface area contributed by atoms with E-state index in [0.717, 1.165) is 0 Å². The molecular weight excluding hydrogens is 184 g/mol. The smallest absolute Gasteiger partial charge is 0.245 e. The molecule has 0 saturated carbocycles. The lowest BCUT2D eigenvalue weighted by molar-refractivity contribution is -0.154. The molecule has 0 N–H and O–H groups in total. The maximum Gasteiger partial charge on any atom is 0.245 e. The minimum absolute atomic E-state index is 0.0131. The number of Topliss-reactive ketones (excluding diaryl/α,β-unsaturated/α-hetero) is 1. The standard InChI is InChI=1S/C9H14N2O3/c1-6(12)4-11-5-8(13)10(3)7(2)9(11)14/h7H,4-5H2,1-3H3. The lowest BCUT2D eigenvalue weighted by Gasteiger charge is -2.35. The van der Waals surface area contributed by atoms with Crippen LogP contribution in [0.4, 0.5) is 0 Å². The Morgan fingerprint density at radius 3 is 2.57 bits per heavy atom. The van der Waals surface area contributed by atoms with E-state index in [1.165, 1.54) is 16.7 Å². The van der Waals surface area contributed by atoms with Crippen molar-refractivity contribution in [1.82, 2.24) is 9.80 Å². The van der Waals surface area contributed by atoms with Crippen molar-refractivity contribution >= 4 is 17.6 Å². The number of hydrogen-bond acceptors (Lipinski definition) is 3. The van der Waals surface area contributed by atoms with Gasteiger partial charge in [-0.05, 0) is 13.8 Å². The minimum Gasteiger partial charge on any atom is -0.332 e. The van der Waals surface area contributed by atoms with Crippen molar-refractivity contribution in [2.24, 2.45) is 0 Å². The molecule has 0 aromatic rings. The Balaban J connectivity index is 2.75. The highest BCUT2D eigenvalue weighted by Crippen LogP contribution is 2.09. The molecule has 1 aliphatic rings. The van der Waals surface area contributed by atoms with Crippen LogP contribution in [-0.2, 0) is 14.4 Å². The second-order valence-electron chi connectivity index (χ2n) is 3.58. The molecule has 2 amide bonds. The molecule has 5 heteroatoms. The first kappa shape index (κ1) is 10.7. The first-order valence-electron chi connectivity index (χ1n) is 4.47. The maximum atomic E-state index is 11.6. The van der Waals surface area contributed by atoms with Gasteiger partial charge in [0, 0.05) is 7.05 Å². The van der Waals surface area contributed by atoms with Crippen LogP contribution in [0.15, 0.2) is 0 Å². The summed E-state index contributed by atoms with van der Waals surface area (Å²) >= 11 is 0. The number of ketones is 1. The second kappa shape index (κ2) is 3.77. The van der Waals surface area contributed by atoms with Gasteiger partial charge in [-0.15, -0.1) is 0 Å². The van der Waals surface area contributed by atoms with Gasteiger partial charge in [-0.25, -0.2) is 0 Å². The van der Waals surface area contributed by atoms with Crippen LogP contribution in [-0.4, -0.2) is 53.6 Å². The average Bonchev–Trinajstić information content (AvgIpc) is 2.10. The van der Waals surface area contributed by atoms with Crippen LogP contribution in [0.2, 0.25) is 0 Å². The molecule has 1 heterocycles. The van der Waals surface area contributed by atoms with Gasteiger partial charge in [0.1, 0.15) is 18.4 Å². The molecule has 1 unspecified atom stereocenters. The molecule has 0 bridgehead atoms. The zero-order valence-electron chi connectivity index (χ0n) is 8.61. The SMILES string of the molecule is CC(=O)CN1CC(=O)N(C)C(C)C1=O. The fraction of sp³-hybridized carbons (Fsp3) is 0.667. The summed E-state index contributed by atoms with van der Waals surface area (Å²) in [5.74, 6) is -0.399. The molecule has 0 aromatic heterocycles. The molecule has 78 valence electrons. The number of carbonyl (C=O) groups is 3. The van der Waals surface area contributed by atoms with Crippen molar-refractivity contribution in [3.8, 4) is 0 Å². The van der Waals surface area contributed by atoms with Crippen LogP contribution in [0.1, 0.15) is 13.8 Å². The van der Waals surface area contributed by atoms with Crippen molar-refractivity contribution < 1.29 is 14.4 Å². The van der Waals surface area contributed by atoms with Gasteiger partial charge >= 0.3 is 0 Å². The highest BCUT2D eigenvalue weighted by Gasteiger charge is 2.34. The summed E-state index contributed by atoms with van der Waals surface area (Å²) in [7, 11) is 1.59. The third-order valence-corrected chi connectivity index (χ3v) is 2.38. The Morgan fingerprint density at radius 2 is 2.07 bits per heavy atom. The number of rotatable bonds is 2. The third-order valence-electron chi connectivity index (χ3n) is 2.38. The highest BCUT2D eigenvalue weighted by atomic mass is 16.2. The van der Waals surface area contributed by atoms with Gasteiger partial charge in [0.2, 0.25) is 11.8 Å². The van der Waals surface area contributed by atoms with Crippen molar-refractivity contribution in [2.75, 3.05) is 20.1 Å². The van der Waals surface area contributed by atoms with E-state index in [1.807, 2.05) is 0 Å². The average molecular weight is 198 g/mol. The monoisotopic (exact) mass is 198 g/mol. The van der Waals surface area contributed by atoms with E-state index in [-0.39, 0.29) is 30.7 Å². The Bertz CT molecular complexity index is 288. The van der Waals surface area contributed by atoms with Gasteiger partial charge in [0.05, 0.1) is 6.54 Å². The lowest BCUT2D eigenvalue weighted by Crippen LogP contribution is -2.58. The van der Waals surface area contributed by atoms with E-state index in [2.05, 4.69) is 0 Å². The van der Waals surface area contributed by atoms with Crippen LogP contribution in [0.3, 0.4) is 0 Å². The summed E-state index contributed by atoms with van der Waals surface area (Å²) in [6.07, 6.45) is 0. The zero-order valence-corrected chi connectivity index (χ0v) is 8.61. The molecule has 1 aliphatic heterocycles. The van der Waals surface area contributed by atoms with E-state index in [9.17, 15) is 14.4 Å².